The van der Waals surface area contributed by atoms with E-state index in [2.05, 4.69) is 0 Å². The number of benzene rings is 4. The van der Waals surface area contributed by atoms with Crippen LogP contribution in [0.2, 0.25) is 0 Å². The minimum atomic E-state index is -4.68. The topological polar surface area (TPSA) is 113 Å². The van der Waals surface area contributed by atoms with Gasteiger partial charge in [-0.1, -0.05) is 72.8 Å². The number of ether oxygens (including phenoxy) is 2. The molecule has 2 atom stereocenters. The molecular formula is C26H24O7S. The lowest BCUT2D eigenvalue weighted by Gasteiger charge is -2.17. The SMILES string of the molecule is O=S(=O)(O)c1c(OCC(O)c2ccccc2)ccc2ccc(OCC(O)c3ccccc3)cc12. The van der Waals surface area contributed by atoms with Gasteiger partial charge in [0, 0.05) is 5.39 Å². The first kappa shape index (κ1) is 23.7. The number of aliphatic hydroxyl groups excluding tert-OH is 2. The summed E-state index contributed by atoms with van der Waals surface area (Å²) in [6, 6.07) is 25.7. The average Bonchev–Trinajstić information content (AvgIpc) is 2.85. The molecular weight excluding hydrogens is 456 g/mol. The molecule has 0 radical (unpaired) electrons. The summed E-state index contributed by atoms with van der Waals surface area (Å²) >= 11 is 0. The van der Waals surface area contributed by atoms with Crippen LogP contribution >= 0.6 is 0 Å². The van der Waals surface area contributed by atoms with Crippen molar-refractivity contribution in [2.45, 2.75) is 17.1 Å². The van der Waals surface area contributed by atoms with Crippen LogP contribution in [0.4, 0.5) is 0 Å². The van der Waals surface area contributed by atoms with E-state index in [1.807, 2.05) is 24.3 Å². The number of hydrogen-bond donors (Lipinski definition) is 3. The molecule has 0 amide bonds. The molecule has 0 heterocycles. The second-order valence-corrected chi connectivity index (χ2v) is 9.08. The predicted molar refractivity (Wildman–Crippen MR) is 128 cm³/mol. The summed E-state index contributed by atoms with van der Waals surface area (Å²) in [7, 11) is -4.68. The van der Waals surface area contributed by atoms with Gasteiger partial charge in [-0.3, -0.25) is 4.55 Å². The fourth-order valence-electron chi connectivity index (χ4n) is 3.61. The third kappa shape index (κ3) is 5.55. The molecule has 0 saturated heterocycles. The minimum absolute atomic E-state index is 0.0454. The maximum absolute atomic E-state index is 12.3. The van der Waals surface area contributed by atoms with Crippen molar-refractivity contribution in [2.24, 2.45) is 0 Å². The molecule has 0 aliphatic heterocycles. The molecule has 4 aromatic carbocycles. The summed E-state index contributed by atoms with van der Waals surface area (Å²) in [6.45, 7) is -0.256. The second-order valence-electron chi connectivity index (χ2n) is 7.73. The van der Waals surface area contributed by atoms with E-state index >= 15 is 0 Å². The molecule has 34 heavy (non-hydrogen) atoms. The fraction of sp³-hybridized carbons (Fsp3) is 0.154. The van der Waals surface area contributed by atoms with Crippen LogP contribution in [0.25, 0.3) is 10.8 Å². The summed E-state index contributed by atoms with van der Waals surface area (Å²) < 4.78 is 45.8. The summed E-state index contributed by atoms with van der Waals surface area (Å²) in [5.74, 6) is 0.223. The standard InChI is InChI=1S/C26H24O7S/c27-23(19-7-3-1-4-8-19)16-32-21-13-11-18-12-14-25(26(22(18)15-21)34(29,30)31)33-17-24(28)20-9-5-2-6-10-20/h1-15,23-24,27-28H,16-17H2,(H,29,30,31). The van der Waals surface area contributed by atoms with E-state index in [9.17, 15) is 23.2 Å². The highest BCUT2D eigenvalue weighted by atomic mass is 32.2. The van der Waals surface area contributed by atoms with Gasteiger partial charge in [0.1, 0.15) is 41.8 Å². The average molecular weight is 481 g/mol. The Balaban J connectivity index is 1.60. The van der Waals surface area contributed by atoms with Gasteiger partial charge in [-0.2, -0.15) is 8.42 Å². The Morgan fingerprint density at radius 3 is 1.79 bits per heavy atom. The molecule has 4 rings (SSSR count). The Kier molecular flexibility index (Phi) is 7.14. The Morgan fingerprint density at radius 1 is 0.706 bits per heavy atom. The van der Waals surface area contributed by atoms with Crippen molar-refractivity contribution in [3.63, 3.8) is 0 Å². The molecule has 8 heteroatoms. The van der Waals surface area contributed by atoms with Crippen LogP contribution in [0.3, 0.4) is 0 Å². The third-order valence-electron chi connectivity index (χ3n) is 5.34. The van der Waals surface area contributed by atoms with Crippen molar-refractivity contribution >= 4 is 20.9 Å². The Hall–Kier alpha value is -3.43. The van der Waals surface area contributed by atoms with Crippen LogP contribution in [0, 0.1) is 0 Å². The van der Waals surface area contributed by atoms with Gasteiger partial charge in [-0.05, 0) is 34.7 Å². The lowest BCUT2D eigenvalue weighted by molar-refractivity contribution is 0.106. The van der Waals surface area contributed by atoms with Crippen LogP contribution in [0.15, 0.2) is 95.9 Å². The normalized spacial score (nSPS) is 13.4. The van der Waals surface area contributed by atoms with Gasteiger partial charge in [0.2, 0.25) is 0 Å². The van der Waals surface area contributed by atoms with Crippen molar-refractivity contribution in [1.29, 1.82) is 0 Å². The Labute approximate surface area is 197 Å². The molecule has 2 unspecified atom stereocenters. The van der Waals surface area contributed by atoms with Crippen molar-refractivity contribution < 1.29 is 32.7 Å². The Morgan fingerprint density at radius 2 is 1.24 bits per heavy atom. The number of fused-ring (bicyclic) bond motifs is 1. The summed E-state index contributed by atoms with van der Waals surface area (Å²) in [4.78, 5) is -0.417. The maximum Gasteiger partial charge on any atom is 0.298 e. The van der Waals surface area contributed by atoms with Gasteiger partial charge >= 0.3 is 0 Å². The third-order valence-corrected chi connectivity index (χ3v) is 6.28. The smallest absolute Gasteiger partial charge is 0.298 e. The van der Waals surface area contributed by atoms with Crippen LogP contribution in [0.5, 0.6) is 11.5 Å². The van der Waals surface area contributed by atoms with E-state index < -0.39 is 27.2 Å². The highest BCUT2D eigenvalue weighted by Gasteiger charge is 2.22. The molecule has 4 aromatic rings. The summed E-state index contributed by atoms with van der Waals surface area (Å²) in [6.07, 6.45) is -1.85. The zero-order valence-corrected chi connectivity index (χ0v) is 18.9. The lowest BCUT2D eigenvalue weighted by Crippen LogP contribution is -2.12. The second kappa shape index (κ2) is 10.2. The molecule has 0 aliphatic rings. The zero-order valence-electron chi connectivity index (χ0n) is 18.1. The van der Waals surface area contributed by atoms with Crippen molar-refractivity contribution in [1.82, 2.24) is 0 Å². The first-order valence-corrected chi connectivity index (χ1v) is 12.0. The number of rotatable bonds is 9. The lowest BCUT2D eigenvalue weighted by atomic mass is 10.1. The minimum Gasteiger partial charge on any atom is -0.491 e. The molecule has 0 bridgehead atoms. The monoisotopic (exact) mass is 480 g/mol. The zero-order chi connectivity index (χ0) is 24.1. The quantitative estimate of drug-likeness (QED) is 0.306. The van der Waals surface area contributed by atoms with E-state index in [-0.39, 0.29) is 24.3 Å². The van der Waals surface area contributed by atoms with Crippen molar-refractivity contribution in [3.05, 3.63) is 102 Å². The highest BCUT2D eigenvalue weighted by molar-refractivity contribution is 7.86. The molecule has 0 aliphatic carbocycles. The van der Waals surface area contributed by atoms with E-state index in [0.717, 1.165) is 0 Å². The summed E-state index contributed by atoms with van der Waals surface area (Å²) in [5, 5.41) is 21.4. The number of aliphatic hydroxyl groups is 2. The molecule has 7 nitrogen and oxygen atoms in total. The van der Waals surface area contributed by atoms with Crippen LogP contribution in [-0.4, -0.2) is 36.4 Å². The van der Waals surface area contributed by atoms with Crippen LogP contribution in [-0.2, 0) is 10.1 Å². The van der Waals surface area contributed by atoms with Crippen molar-refractivity contribution in [3.8, 4) is 11.5 Å². The molecule has 176 valence electrons. The maximum atomic E-state index is 12.3. The molecule has 0 spiro atoms. The molecule has 0 aromatic heterocycles. The van der Waals surface area contributed by atoms with Gasteiger partial charge in [-0.15, -0.1) is 0 Å². The van der Waals surface area contributed by atoms with E-state index in [1.165, 1.54) is 12.1 Å². The predicted octanol–water partition coefficient (Wildman–Crippen LogP) is 4.31. The first-order valence-electron chi connectivity index (χ1n) is 10.6. The van der Waals surface area contributed by atoms with E-state index in [4.69, 9.17) is 9.47 Å². The fourth-order valence-corrected chi connectivity index (χ4v) is 4.44. The van der Waals surface area contributed by atoms with Gasteiger partial charge in [0.15, 0.2) is 0 Å². The van der Waals surface area contributed by atoms with Gasteiger partial charge in [0.05, 0.1) is 0 Å². The molecule has 0 fully saturated rings. The summed E-state index contributed by atoms with van der Waals surface area (Å²) in [5.41, 5.74) is 1.30. The van der Waals surface area contributed by atoms with E-state index in [1.54, 1.807) is 54.6 Å². The molecule has 3 N–H and O–H groups in total. The van der Waals surface area contributed by atoms with Crippen LogP contribution in [0.1, 0.15) is 23.3 Å². The van der Waals surface area contributed by atoms with Gasteiger partial charge < -0.3 is 19.7 Å². The largest absolute Gasteiger partial charge is 0.491 e. The number of hydrogen-bond acceptors (Lipinski definition) is 6. The van der Waals surface area contributed by atoms with Gasteiger partial charge in [0.25, 0.3) is 10.1 Å². The van der Waals surface area contributed by atoms with Crippen molar-refractivity contribution in [2.75, 3.05) is 13.2 Å². The highest BCUT2D eigenvalue weighted by Crippen LogP contribution is 2.35. The van der Waals surface area contributed by atoms with E-state index in [0.29, 0.717) is 22.3 Å². The first-order chi connectivity index (χ1) is 16.3. The molecule has 0 saturated carbocycles. The van der Waals surface area contributed by atoms with Crippen LogP contribution < -0.4 is 9.47 Å². The van der Waals surface area contributed by atoms with Gasteiger partial charge in [-0.25, -0.2) is 0 Å². The Bertz CT molecular complexity index is 1350.